The van der Waals surface area contributed by atoms with Gasteiger partial charge in [-0.25, -0.2) is 4.79 Å². The van der Waals surface area contributed by atoms with Gasteiger partial charge >= 0.3 is 6.09 Å². The van der Waals surface area contributed by atoms with Crippen molar-refractivity contribution in [3.05, 3.63) is 115 Å². The number of benzene rings is 3. The predicted molar refractivity (Wildman–Crippen MR) is 262 cm³/mol. The average Bonchev–Trinajstić information content (AvgIpc) is 3.32. The zero-order valence-corrected chi connectivity index (χ0v) is 39.9. The van der Waals surface area contributed by atoms with Gasteiger partial charge in [-0.2, -0.15) is 0 Å². The van der Waals surface area contributed by atoms with Gasteiger partial charge in [-0.15, -0.1) is 0 Å². The molecule has 3 fully saturated rings. The molecule has 2 aliphatic heterocycles. The van der Waals surface area contributed by atoms with Gasteiger partial charge in [-0.3, -0.25) is 9.59 Å². The third-order valence-corrected chi connectivity index (χ3v) is 14.3. The van der Waals surface area contributed by atoms with E-state index < -0.39 is 5.60 Å². The Morgan fingerprint density at radius 1 is 0.682 bits per heavy atom. The van der Waals surface area contributed by atoms with Crippen LogP contribution in [0.5, 0.6) is 11.5 Å². The van der Waals surface area contributed by atoms with Gasteiger partial charge in [-0.1, -0.05) is 68.9 Å². The Morgan fingerprint density at radius 3 is 1.79 bits per heavy atom. The second kappa shape index (κ2) is 21.0. The summed E-state index contributed by atoms with van der Waals surface area (Å²) in [5.41, 5.74) is 7.07. The minimum Gasteiger partial charge on any atom is -0.486 e. The minimum absolute atomic E-state index is 0.0604. The van der Waals surface area contributed by atoms with Crippen LogP contribution in [0.4, 0.5) is 4.79 Å². The Bertz CT molecular complexity index is 2620. The molecule has 2 saturated carbocycles. The molecule has 0 radical (unpaired) electrons. The molecular formula is C55H70N4O7. The summed E-state index contributed by atoms with van der Waals surface area (Å²) in [5, 5.41) is 2.23. The highest BCUT2D eigenvalue weighted by Gasteiger charge is 2.32. The van der Waals surface area contributed by atoms with Crippen molar-refractivity contribution in [2.75, 3.05) is 32.8 Å². The molecule has 5 aromatic rings. The number of nitrogens with zero attached hydrogens (tertiary/aromatic N) is 4. The number of likely N-dealkylation sites (tertiary alicyclic amines) is 1. The van der Waals surface area contributed by atoms with Crippen LogP contribution in [0.1, 0.15) is 137 Å². The highest BCUT2D eigenvalue weighted by molar-refractivity contribution is 5.84. The number of ether oxygens (including phenoxy) is 3. The molecule has 4 aliphatic rings. The van der Waals surface area contributed by atoms with Crippen LogP contribution in [0.2, 0.25) is 0 Å². The summed E-state index contributed by atoms with van der Waals surface area (Å²) in [6.07, 6.45) is 15.0. The van der Waals surface area contributed by atoms with Crippen molar-refractivity contribution in [1.29, 1.82) is 0 Å². The van der Waals surface area contributed by atoms with E-state index in [0.29, 0.717) is 38.1 Å². The van der Waals surface area contributed by atoms with Gasteiger partial charge in [0.2, 0.25) is 0 Å². The van der Waals surface area contributed by atoms with Crippen molar-refractivity contribution in [2.45, 2.75) is 155 Å². The van der Waals surface area contributed by atoms with Crippen LogP contribution in [-0.2, 0) is 29.2 Å². The number of aromatic nitrogens is 2. The number of piperidine rings is 1. The lowest BCUT2D eigenvalue weighted by atomic mass is 9.83. The molecule has 0 atom stereocenters. The molecule has 1 saturated heterocycles. The molecule has 1 amide bonds. The van der Waals surface area contributed by atoms with Crippen LogP contribution in [0.3, 0.4) is 0 Å². The van der Waals surface area contributed by atoms with E-state index in [2.05, 4.69) is 41.3 Å². The molecular weight excluding hydrogens is 829 g/mol. The highest BCUT2D eigenvalue weighted by Crippen LogP contribution is 2.36. The summed E-state index contributed by atoms with van der Waals surface area (Å²) in [6.45, 7) is 14.5. The van der Waals surface area contributed by atoms with Crippen LogP contribution >= 0.6 is 0 Å². The average molecular weight is 899 g/mol. The first-order valence-electron chi connectivity index (χ1n) is 24.7. The Labute approximate surface area is 390 Å². The van der Waals surface area contributed by atoms with Crippen molar-refractivity contribution in [3.63, 3.8) is 0 Å². The molecule has 0 N–H and O–H groups in total. The largest absolute Gasteiger partial charge is 0.486 e. The van der Waals surface area contributed by atoms with Gasteiger partial charge in [0.1, 0.15) is 25.1 Å². The predicted octanol–water partition coefficient (Wildman–Crippen LogP) is 10.6. The van der Waals surface area contributed by atoms with E-state index in [-0.39, 0.29) is 29.8 Å². The van der Waals surface area contributed by atoms with E-state index in [1.807, 2.05) is 62.3 Å². The van der Waals surface area contributed by atoms with Crippen LogP contribution < -0.4 is 20.6 Å². The molecule has 11 heteroatoms. The van der Waals surface area contributed by atoms with E-state index >= 15 is 0 Å². The van der Waals surface area contributed by atoms with E-state index in [9.17, 15) is 19.2 Å². The fraction of sp³-hybridized carbons (Fsp3) is 0.527. The van der Waals surface area contributed by atoms with Crippen molar-refractivity contribution in [3.8, 4) is 11.5 Å². The number of amides is 1. The Morgan fingerprint density at radius 2 is 1.23 bits per heavy atom. The molecule has 9 rings (SSSR count). The molecule has 4 heterocycles. The normalized spacial score (nSPS) is 17.6. The molecule has 0 spiro atoms. The quantitative estimate of drug-likeness (QED) is 0.127. The van der Waals surface area contributed by atoms with Crippen molar-refractivity contribution in [2.24, 2.45) is 0 Å². The Balaban J connectivity index is 0.000000235. The lowest BCUT2D eigenvalue weighted by Gasteiger charge is -2.39. The standard InChI is InChI=1S/C37H49N3O5.C18H21NO2/c1-26-22-35(41)39(32-24-29(11-12-31(26)32)28-8-6-5-7-9-28)19-18-38-16-14-30(15-17-38)40(36(42)45-37(2,3)4)25-27-10-13-33-34(23-27)44-21-20-43-33;1-13-11-18(21)19(9-10-20)17-12-15(7-8-16(13)17)14-5-3-2-4-6-14/h10-13,22-24,28,30H,5-9,14-21,25H2,1-4H3;7-8,10-12,14H,2-6,9H2,1H3. The monoisotopic (exact) mass is 899 g/mol. The van der Waals surface area contributed by atoms with E-state index in [1.165, 1.54) is 80.7 Å². The summed E-state index contributed by atoms with van der Waals surface area (Å²) in [4.78, 5) is 54.1. The first kappa shape index (κ1) is 47.1. The summed E-state index contributed by atoms with van der Waals surface area (Å²) < 4.78 is 20.9. The molecule has 3 aromatic carbocycles. The highest BCUT2D eigenvalue weighted by atomic mass is 16.6. The summed E-state index contributed by atoms with van der Waals surface area (Å²) >= 11 is 0. The number of rotatable bonds is 10. The number of aldehydes is 1. The van der Waals surface area contributed by atoms with Gasteiger partial charge in [0, 0.05) is 61.7 Å². The first-order chi connectivity index (χ1) is 31.8. The molecule has 0 bridgehead atoms. The number of hydrogen-bond donors (Lipinski definition) is 0. The van der Waals surface area contributed by atoms with Gasteiger partial charge in [0.05, 0.1) is 17.6 Å². The fourth-order valence-corrected chi connectivity index (χ4v) is 10.7. The number of hydrogen-bond acceptors (Lipinski definition) is 8. The summed E-state index contributed by atoms with van der Waals surface area (Å²) in [5.74, 6) is 2.67. The number of carbonyl (C=O) groups is 2. The van der Waals surface area contributed by atoms with Crippen LogP contribution in [0, 0.1) is 13.8 Å². The third-order valence-electron chi connectivity index (χ3n) is 14.3. The maximum Gasteiger partial charge on any atom is 0.410 e. The van der Waals surface area contributed by atoms with E-state index in [1.54, 1.807) is 16.7 Å². The van der Waals surface area contributed by atoms with Gasteiger partial charge in [-0.05, 0) is 137 Å². The minimum atomic E-state index is -0.580. The molecule has 11 nitrogen and oxygen atoms in total. The van der Waals surface area contributed by atoms with Gasteiger partial charge in [0.25, 0.3) is 11.1 Å². The van der Waals surface area contributed by atoms with Crippen LogP contribution in [-0.4, -0.2) is 75.8 Å². The lowest BCUT2D eigenvalue weighted by Crippen LogP contribution is -2.49. The summed E-state index contributed by atoms with van der Waals surface area (Å²) in [6, 6.07) is 22.6. The zero-order valence-electron chi connectivity index (χ0n) is 39.9. The number of aryl methyl sites for hydroxylation is 2. The first-order valence-corrected chi connectivity index (χ1v) is 24.7. The van der Waals surface area contributed by atoms with Crippen LogP contribution in [0.15, 0.2) is 76.3 Å². The number of fused-ring (bicyclic) bond motifs is 3. The van der Waals surface area contributed by atoms with Crippen molar-refractivity contribution < 1.29 is 23.8 Å². The van der Waals surface area contributed by atoms with Gasteiger partial charge in [0.15, 0.2) is 11.5 Å². The lowest BCUT2D eigenvalue weighted by molar-refractivity contribution is -0.108. The van der Waals surface area contributed by atoms with E-state index in [4.69, 9.17) is 14.2 Å². The fourth-order valence-electron chi connectivity index (χ4n) is 10.7. The Hall–Kier alpha value is -5.42. The maximum absolute atomic E-state index is 13.5. The summed E-state index contributed by atoms with van der Waals surface area (Å²) in [7, 11) is 0. The van der Waals surface area contributed by atoms with E-state index in [0.717, 1.165) is 83.4 Å². The molecule has 352 valence electrons. The smallest absolute Gasteiger partial charge is 0.410 e. The molecule has 66 heavy (non-hydrogen) atoms. The maximum atomic E-state index is 13.5. The topological polar surface area (TPSA) is 112 Å². The SMILES string of the molecule is Cc1cc(=O)n(CC=O)c2cc(C3CCCCC3)ccc12.Cc1cc(=O)n(CCN2CCC(N(Cc3ccc4c(c3)OCCO4)C(=O)OC(C)(C)C)CC2)c2cc(C3CCCCC3)ccc12. The number of carbonyl (C=O) groups excluding carboxylic acids is 2. The molecule has 0 unspecified atom stereocenters. The number of pyridine rings is 2. The second-order valence-electron chi connectivity index (χ2n) is 20.1. The third kappa shape index (κ3) is 11.2. The van der Waals surface area contributed by atoms with Crippen LogP contribution in [0.25, 0.3) is 21.8 Å². The zero-order chi connectivity index (χ0) is 46.4. The van der Waals surface area contributed by atoms with Crippen molar-refractivity contribution >= 4 is 34.2 Å². The molecule has 2 aliphatic carbocycles. The van der Waals surface area contributed by atoms with Gasteiger partial charge < -0.3 is 37.9 Å². The second-order valence-corrected chi connectivity index (χ2v) is 20.1. The Kier molecular flexibility index (Phi) is 15.0. The molecule has 2 aromatic heterocycles. The van der Waals surface area contributed by atoms with Crippen molar-refractivity contribution in [1.82, 2.24) is 18.9 Å².